The molecule has 1 aliphatic heterocycles. The lowest BCUT2D eigenvalue weighted by Gasteiger charge is -2.28. The Morgan fingerprint density at radius 3 is 2.67 bits per heavy atom. The van der Waals surface area contributed by atoms with Crippen molar-refractivity contribution >= 4 is 5.69 Å². The van der Waals surface area contributed by atoms with E-state index < -0.39 is 11.7 Å². The van der Waals surface area contributed by atoms with Crippen LogP contribution in [0.2, 0.25) is 0 Å². The first-order valence-corrected chi connectivity index (χ1v) is 6.97. The van der Waals surface area contributed by atoms with Gasteiger partial charge in [-0.3, -0.25) is 0 Å². The van der Waals surface area contributed by atoms with Crippen molar-refractivity contribution in [3.8, 4) is 0 Å². The summed E-state index contributed by atoms with van der Waals surface area (Å²) in [5, 5.41) is 3.33. The number of halogens is 3. The standard InChI is InChI=1S/C17H16F3N/c1-11-5-6-15-14(7-8-21-16(15)9-11)12-3-2-4-13(10-12)17(18,19)20/h2-6,9-10,14,21H,7-8H2,1H3. The van der Waals surface area contributed by atoms with Crippen LogP contribution in [0.3, 0.4) is 0 Å². The Kier molecular flexibility index (Phi) is 3.40. The zero-order valence-electron chi connectivity index (χ0n) is 11.7. The maximum atomic E-state index is 12.9. The van der Waals surface area contributed by atoms with Gasteiger partial charge >= 0.3 is 6.18 Å². The van der Waals surface area contributed by atoms with Gasteiger partial charge in [0.05, 0.1) is 5.56 Å². The van der Waals surface area contributed by atoms with E-state index in [1.54, 1.807) is 6.07 Å². The van der Waals surface area contributed by atoms with Gasteiger partial charge in [0.25, 0.3) is 0 Å². The number of alkyl halides is 3. The third kappa shape index (κ3) is 2.75. The summed E-state index contributed by atoms with van der Waals surface area (Å²) in [4.78, 5) is 0. The summed E-state index contributed by atoms with van der Waals surface area (Å²) in [6.07, 6.45) is -3.49. The lowest BCUT2D eigenvalue weighted by Crippen LogP contribution is -2.18. The highest BCUT2D eigenvalue weighted by Crippen LogP contribution is 2.39. The number of fused-ring (bicyclic) bond motifs is 1. The minimum absolute atomic E-state index is 0.0177. The molecule has 1 aliphatic rings. The van der Waals surface area contributed by atoms with Gasteiger partial charge < -0.3 is 5.32 Å². The maximum Gasteiger partial charge on any atom is 0.416 e. The Bertz CT molecular complexity index is 661. The highest BCUT2D eigenvalue weighted by atomic mass is 19.4. The summed E-state index contributed by atoms with van der Waals surface area (Å²) in [6.45, 7) is 2.78. The zero-order chi connectivity index (χ0) is 15.0. The van der Waals surface area contributed by atoms with E-state index in [1.165, 1.54) is 12.1 Å². The van der Waals surface area contributed by atoms with E-state index in [0.717, 1.165) is 41.4 Å². The number of nitrogens with one attached hydrogen (secondary N) is 1. The van der Waals surface area contributed by atoms with Gasteiger partial charge in [0.15, 0.2) is 0 Å². The molecule has 3 rings (SSSR count). The highest BCUT2D eigenvalue weighted by molar-refractivity contribution is 5.59. The minimum atomic E-state index is -4.29. The summed E-state index contributed by atoms with van der Waals surface area (Å²) < 4.78 is 38.6. The molecule has 4 heteroatoms. The van der Waals surface area contributed by atoms with Gasteiger partial charge in [-0.15, -0.1) is 0 Å². The molecule has 110 valence electrons. The predicted octanol–water partition coefficient (Wildman–Crippen LogP) is 4.96. The fourth-order valence-electron chi connectivity index (χ4n) is 2.91. The van der Waals surface area contributed by atoms with Gasteiger partial charge in [-0.1, -0.05) is 30.3 Å². The number of hydrogen-bond donors (Lipinski definition) is 1. The molecule has 1 atom stereocenters. The third-order valence-corrected chi connectivity index (χ3v) is 3.95. The van der Waals surface area contributed by atoms with Crippen LogP contribution in [-0.4, -0.2) is 6.54 Å². The maximum absolute atomic E-state index is 12.9. The summed E-state index contributed by atoms with van der Waals surface area (Å²) in [5.41, 5.74) is 3.41. The smallest absolute Gasteiger partial charge is 0.385 e. The predicted molar refractivity (Wildman–Crippen MR) is 77.6 cm³/mol. The first-order valence-electron chi connectivity index (χ1n) is 6.97. The molecule has 0 amide bonds. The van der Waals surface area contributed by atoms with Crippen LogP contribution in [-0.2, 0) is 6.18 Å². The summed E-state index contributed by atoms with van der Waals surface area (Å²) in [6, 6.07) is 11.8. The van der Waals surface area contributed by atoms with Crippen molar-refractivity contribution in [3.05, 3.63) is 64.7 Å². The topological polar surface area (TPSA) is 12.0 Å². The summed E-state index contributed by atoms with van der Waals surface area (Å²) in [7, 11) is 0. The molecule has 2 aromatic rings. The molecule has 0 saturated heterocycles. The lowest BCUT2D eigenvalue weighted by atomic mass is 9.84. The molecule has 2 aromatic carbocycles. The second-order valence-corrected chi connectivity index (χ2v) is 5.48. The van der Waals surface area contributed by atoms with Crippen LogP contribution in [0.25, 0.3) is 0 Å². The first kappa shape index (κ1) is 14.0. The van der Waals surface area contributed by atoms with Crippen molar-refractivity contribution in [2.24, 2.45) is 0 Å². The van der Waals surface area contributed by atoms with Gasteiger partial charge in [0.1, 0.15) is 0 Å². The van der Waals surface area contributed by atoms with Gasteiger partial charge in [-0.05, 0) is 42.2 Å². The quantitative estimate of drug-likeness (QED) is 0.783. The van der Waals surface area contributed by atoms with Crippen LogP contribution in [0.5, 0.6) is 0 Å². The fraction of sp³-hybridized carbons (Fsp3) is 0.294. The molecule has 1 unspecified atom stereocenters. The third-order valence-electron chi connectivity index (χ3n) is 3.95. The van der Waals surface area contributed by atoms with Crippen LogP contribution in [0.15, 0.2) is 42.5 Å². The zero-order valence-corrected chi connectivity index (χ0v) is 11.7. The Balaban J connectivity index is 2.03. The molecule has 0 spiro atoms. The number of benzene rings is 2. The summed E-state index contributed by atoms with van der Waals surface area (Å²) in [5.74, 6) is 0.0177. The van der Waals surface area contributed by atoms with Crippen molar-refractivity contribution in [3.63, 3.8) is 0 Å². The number of anilines is 1. The van der Waals surface area contributed by atoms with Crippen molar-refractivity contribution in [2.75, 3.05) is 11.9 Å². The molecule has 0 saturated carbocycles. The Morgan fingerprint density at radius 2 is 1.90 bits per heavy atom. The molecule has 1 N–H and O–H groups in total. The van der Waals surface area contributed by atoms with E-state index >= 15 is 0 Å². The molecule has 0 fully saturated rings. The van der Waals surface area contributed by atoms with Gasteiger partial charge in [-0.25, -0.2) is 0 Å². The summed E-state index contributed by atoms with van der Waals surface area (Å²) >= 11 is 0. The van der Waals surface area contributed by atoms with Crippen molar-refractivity contribution in [2.45, 2.75) is 25.4 Å². The van der Waals surface area contributed by atoms with Gasteiger partial charge in [-0.2, -0.15) is 13.2 Å². The van der Waals surface area contributed by atoms with E-state index in [9.17, 15) is 13.2 Å². The van der Waals surface area contributed by atoms with Crippen molar-refractivity contribution in [1.82, 2.24) is 0 Å². The van der Waals surface area contributed by atoms with E-state index in [1.807, 2.05) is 19.1 Å². The lowest BCUT2D eigenvalue weighted by molar-refractivity contribution is -0.137. The number of rotatable bonds is 1. The average molecular weight is 291 g/mol. The van der Waals surface area contributed by atoms with Crippen LogP contribution in [0.4, 0.5) is 18.9 Å². The molecule has 0 aromatic heterocycles. The largest absolute Gasteiger partial charge is 0.416 e. The van der Waals surface area contributed by atoms with E-state index in [0.29, 0.717) is 0 Å². The fourth-order valence-corrected chi connectivity index (χ4v) is 2.91. The normalized spacial score (nSPS) is 18.0. The molecule has 1 nitrogen and oxygen atoms in total. The second-order valence-electron chi connectivity index (χ2n) is 5.48. The second kappa shape index (κ2) is 5.10. The molecule has 21 heavy (non-hydrogen) atoms. The molecular formula is C17H16F3N. The van der Waals surface area contributed by atoms with E-state index in [4.69, 9.17) is 0 Å². The molecule has 0 aliphatic carbocycles. The van der Waals surface area contributed by atoms with Crippen molar-refractivity contribution in [1.29, 1.82) is 0 Å². The SMILES string of the molecule is Cc1ccc2c(c1)NCCC2c1cccc(C(F)(F)F)c1. The van der Waals surface area contributed by atoms with Gasteiger partial charge in [0.2, 0.25) is 0 Å². The van der Waals surface area contributed by atoms with Crippen LogP contribution in [0, 0.1) is 6.92 Å². The Labute approximate surface area is 121 Å². The van der Waals surface area contributed by atoms with Crippen molar-refractivity contribution < 1.29 is 13.2 Å². The average Bonchev–Trinajstić information content (AvgIpc) is 2.45. The number of aryl methyl sites for hydroxylation is 1. The highest BCUT2D eigenvalue weighted by Gasteiger charge is 2.31. The van der Waals surface area contributed by atoms with Crippen LogP contribution >= 0.6 is 0 Å². The van der Waals surface area contributed by atoms with Crippen LogP contribution in [0.1, 0.15) is 34.6 Å². The molecule has 0 radical (unpaired) electrons. The molecule has 1 heterocycles. The Morgan fingerprint density at radius 1 is 1.10 bits per heavy atom. The molecule has 0 bridgehead atoms. The minimum Gasteiger partial charge on any atom is -0.385 e. The monoisotopic (exact) mass is 291 g/mol. The van der Waals surface area contributed by atoms with Crippen LogP contribution < -0.4 is 5.32 Å². The number of hydrogen-bond acceptors (Lipinski definition) is 1. The van der Waals surface area contributed by atoms with E-state index in [-0.39, 0.29) is 5.92 Å². The first-order chi connectivity index (χ1) is 9.95. The van der Waals surface area contributed by atoms with Gasteiger partial charge in [0, 0.05) is 18.2 Å². The molecular weight excluding hydrogens is 275 g/mol. The Hall–Kier alpha value is -1.97. The van der Waals surface area contributed by atoms with E-state index in [2.05, 4.69) is 11.4 Å².